The highest BCUT2D eigenvalue weighted by Crippen LogP contribution is 2.35. The lowest BCUT2D eigenvalue weighted by Gasteiger charge is -2.25. The molecule has 0 aromatic heterocycles. The Labute approximate surface area is 159 Å². The number of rotatable bonds is 4. The van der Waals surface area contributed by atoms with Crippen molar-refractivity contribution in [3.63, 3.8) is 0 Å². The summed E-state index contributed by atoms with van der Waals surface area (Å²) in [4.78, 5) is 22.6. The lowest BCUT2D eigenvalue weighted by atomic mass is 10.1. The van der Waals surface area contributed by atoms with Crippen molar-refractivity contribution in [3.05, 3.63) is 76.3 Å². The summed E-state index contributed by atoms with van der Waals surface area (Å²) in [6, 6.07) is 17.4. The van der Waals surface area contributed by atoms with Crippen LogP contribution in [0.25, 0.3) is 10.8 Å². The SMILES string of the molecule is O=C(NN=Cc1cccc([N+](=O)[O-])c1)C1COc2cc3ccccc3cc2O1. The van der Waals surface area contributed by atoms with E-state index in [0.29, 0.717) is 17.1 Å². The maximum Gasteiger partial charge on any atom is 0.284 e. The van der Waals surface area contributed by atoms with Crippen LogP contribution >= 0.6 is 0 Å². The van der Waals surface area contributed by atoms with Gasteiger partial charge in [-0.1, -0.05) is 36.4 Å². The number of ether oxygens (including phenoxy) is 2. The van der Waals surface area contributed by atoms with E-state index < -0.39 is 16.9 Å². The van der Waals surface area contributed by atoms with Gasteiger partial charge in [0.2, 0.25) is 6.10 Å². The molecule has 4 rings (SSSR count). The van der Waals surface area contributed by atoms with E-state index in [-0.39, 0.29) is 12.3 Å². The first kappa shape index (κ1) is 17.5. The third kappa shape index (κ3) is 3.61. The van der Waals surface area contributed by atoms with Crippen molar-refractivity contribution in [1.29, 1.82) is 0 Å². The zero-order valence-corrected chi connectivity index (χ0v) is 14.6. The summed E-state index contributed by atoms with van der Waals surface area (Å²) in [5.74, 6) is 0.607. The molecular formula is C20H15N3O5. The molecule has 0 bridgehead atoms. The summed E-state index contributed by atoms with van der Waals surface area (Å²) >= 11 is 0. The first-order valence-corrected chi connectivity index (χ1v) is 8.50. The third-order valence-electron chi connectivity index (χ3n) is 4.23. The molecule has 1 aliphatic heterocycles. The van der Waals surface area contributed by atoms with Crippen LogP contribution in [-0.4, -0.2) is 29.8 Å². The van der Waals surface area contributed by atoms with Crippen molar-refractivity contribution in [2.45, 2.75) is 6.10 Å². The van der Waals surface area contributed by atoms with Crippen LogP contribution in [0.4, 0.5) is 5.69 Å². The number of hydrazone groups is 1. The summed E-state index contributed by atoms with van der Waals surface area (Å²) in [6.45, 7) is 0.0590. The van der Waals surface area contributed by atoms with E-state index in [2.05, 4.69) is 10.5 Å². The van der Waals surface area contributed by atoms with Crippen LogP contribution < -0.4 is 14.9 Å². The molecule has 1 amide bonds. The molecule has 0 spiro atoms. The molecular weight excluding hydrogens is 362 g/mol. The highest BCUT2D eigenvalue weighted by molar-refractivity contribution is 5.88. The first-order chi connectivity index (χ1) is 13.6. The van der Waals surface area contributed by atoms with Gasteiger partial charge in [-0.15, -0.1) is 0 Å². The zero-order chi connectivity index (χ0) is 19.5. The fraction of sp³-hybridized carbons (Fsp3) is 0.100. The summed E-state index contributed by atoms with van der Waals surface area (Å²) in [5.41, 5.74) is 2.81. The second kappa shape index (κ2) is 7.36. The van der Waals surface area contributed by atoms with Gasteiger partial charge in [0, 0.05) is 17.7 Å². The molecule has 0 saturated carbocycles. The number of fused-ring (bicyclic) bond motifs is 2. The predicted molar refractivity (Wildman–Crippen MR) is 103 cm³/mol. The van der Waals surface area contributed by atoms with E-state index in [4.69, 9.17) is 9.47 Å². The van der Waals surface area contributed by atoms with Crippen LogP contribution in [0.5, 0.6) is 11.5 Å². The summed E-state index contributed by atoms with van der Waals surface area (Å²) in [6.07, 6.45) is 0.478. The maximum absolute atomic E-state index is 12.3. The molecule has 28 heavy (non-hydrogen) atoms. The maximum atomic E-state index is 12.3. The molecule has 1 heterocycles. The Morgan fingerprint density at radius 1 is 1.11 bits per heavy atom. The standard InChI is InChI=1S/C20H15N3O5/c24-20(22-21-11-13-4-3-7-16(8-13)23(25)26)19-12-27-17-9-14-5-1-2-6-15(14)10-18(17)28-19/h1-11,19H,12H2,(H,22,24). The first-order valence-electron chi connectivity index (χ1n) is 8.50. The minimum absolute atomic E-state index is 0.0527. The molecule has 3 aromatic carbocycles. The van der Waals surface area contributed by atoms with Crippen molar-refractivity contribution in [2.75, 3.05) is 6.61 Å². The van der Waals surface area contributed by atoms with Crippen molar-refractivity contribution in [1.82, 2.24) is 5.43 Å². The number of nitro benzene ring substituents is 1. The Balaban J connectivity index is 1.43. The second-order valence-corrected chi connectivity index (χ2v) is 6.15. The van der Waals surface area contributed by atoms with Gasteiger partial charge in [-0.25, -0.2) is 5.43 Å². The van der Waals surface area contributed by atoms with Crippen LogP contribution in [0.2, 0.25) is 0 Å². The Kier molecular flexibility index (Phi) is 4.59. The molecule has 0 aliphatic carbocycles. The van der Waals surface area contributed by atoms with Crippen LogP contribution in [0.15, 0.2) is 65.8 Å². The molecule has 0 saturated heterocycles. The summed E-state index contributed by atoms with van der Waals surface area (Å²) in [7, 11) is 0. The number of carbonyl (C=O) groups is 1. The molecule has 3 aromatic rings. The molecule has 0 radical (unpaired) electrons. The van der Waals surface area contributed by atoms with Gasteiger partial charge in [-0.3, -0.25) is 14.9 Å². The average molecular weight is 377 g/mol. The number of nitrogens with zero attached hydrogens (tertiary/aromatic N) is 2. The normalized spacial score (nSPS) is 15.5. The van der Waals surface area contributed by atoms with Crippen molar-refractivity contribution < 1.29 is 19.2 Å². The highest BCUT2D eigenvalue weighted by Gasteiger charge is 2.27. The van der Waals surface area contributed by atoms with Gasteiger partial charge in [0.15, 0.2) is 11.5 Å². The Morgan fingerprint density at radius 3 is 2.61 bits per heavy atom. The number of nitrogens with one attached hydrogen (secondary N) is 1. The largest absolute Gasteiger partial charge is 0.485 e. The minimum atomic E-state index is -0.851. The molecule has 1 atom stereocenters. The van der Waals surface area contributed by atoms with Gasteiger partial charge >= 0.3 is 0 Å². The highest BCUT2D eigenvalue weighted by atomic mass is 16.6. The van der Waals surface area contributed by atoms with E-state index in [1.807, 2.05) is 36.4 Å². The molecule has 8 nitrogen and oxygen atoms in total. The van der Waals surface area contributed by atoms with E-state index in [1.54, 1.807) is 12.1 Å². The lowest BCUT2D eigenvalue weighted by molar-refractivity contribution is -0.384. The van der Waals surface area contributed by atoms with E-state index in [9.17, 15) is 14.9 Å². The van der Waals surface area contributed by atoms with Gasteiger partial charge in [0.25, 0.3) is 11.6 Å². The van der Waals surface area contributed by atoms with E-state index in [0.717, 1.165) is 10.8 Å². The van der Waals surface area contributed by atoms with Gasteiger partial charge in [0.05, 0.1) is 11.1 Å². The van der Waals surface area contributed by atoms with Crippen molar-refractivity contribution >= 4 is 28.6 Å². The number of carbonyl (C=O) groups excluding carboxylic acids is 1. The van der Waals surface area contributed by atoms with Gasteiger partial charge in [-0.05, 0) is 22.9 Å². The van der Waals surface area contributed by atoms with E-state index in [1.165, 1.54) is 18.3 Å². The quantitative estimate of drug-likeness (QED) is 0.428. The fourth-order valence-electron chi connectivity index (χ4n) is 2.85. The number of amides is 1. The molecule has 1 N–H and O–H groups in total. The number of non-ortho nitro benzene ring substituents is 1. The van der Waals surface area contributed by atoms with Crippen LogP contribution in [0.3, 0.4) is 0 Å². The molecule has 1 aliphatic rings. The van der Waals surface area contributed by atoms with Crippen LogP contribution in [0.1, 0.15) is 5.56 Å². The average Bonchev–Trinajstić information content (AvgIpc) is 2.72. The Hall–Kier alpha value is -3.94. The van der Waals surface area contributed by atoms with Gasteiger partial charge < -0.3 is 9.47 Å². The number of nitro groups is 1. The Morgan fingerprint density at radius 2 is 1.86 bits per heavy atom. The Bertz CT molecular complexity index is 1100. The van der Waals surface area contributed by atoms with Gasteiger partial charge in [-0.2, -0.15) is 5.10 Å². The zero-order valence-electron chi connectivity index (χ0n) is 14.6. The predicted octanol–water partition coefficient (Wildman–Crippen LogP) is 3.04. The van der Waals surface area contributed by atoms with E-state index >= 15 is 0 Å². The minimum Gasteiger partial charge on any atom is -0.485 e. The summed E-state index contributed by atoms with van der Waals surface area (Å²) in [5, 5.41) is 16.6. The summed E-state index contributed by atoms with van der Waals surface area (Å²) < 4.78 is 11.4. The number of benzene rings is 3. The van der Waals surface area contributed by atoms with Crippen LogP contribution in [-0.2, 0) is 4.79 Å². The third-order valence-corrected chi connectivity index (χ3v) is 4.23. The van der Waals surface area contributed by atoms with Gasteiger partial charge in [0.1, 0.15) is 6.61 Å². The topological polar surface area (TPSA) is 103 Å². The molecule has 8 heteroatoms. The number of hydrogen-bond acceptors (Lipinski definition) is 6. The second-order valence-electron chi connectivity index (χ2n) is 6.15. The molecule has 140 valence electrons. The fourth-order valence-corrected chi connectivity index (χ4v) is 2.85. The number of hydrogen-bond donors (Lipinski definition) is 1. The molecule has 0 fully saturated rings. The van der Waals surface area contributed by atoms with Crippen LogP contribution in [0, 0.1) is 10.1 Å². The molecule has 1 unspecified atom stereocenters. The monoisotopic (exact) mass is 377 g/mol. The lowest BCUT2D eigenvalue weighted by Crippen LogP contribution is -2.42. The smallest absolute Gasteiger partial charge is 0.284 e. The van der Waals surface area contributed by atoms with Crippen molar-refractivity contribution in [3.8, 4) is 11.5 Å². The van der Waals surface area contributed by atoms with Crippen molar-refractivity contribution in [2.24, 2.45) is 5.10 Å².